The normalized spacial score (nSPS) is 11.5. The van der Waals surface area contributed by atoms with E-state index in [1.807, 2.05) is 0 Å². The SMILES string of the molecule is c1ccc(-c2ccc(N(c3ccc(-c4ccc5ccccc5c4)cc3)c3ccccc3-c3cccc4c3oc3c5ccccc5ccc43)cc2)cc1. The fourth-order valence-electron chi connectivity index (χ4n) is 7.67. The van der Waals surface area contributed by atoms with Gasteiger partial charge in [0.15, 0.2) is 0 Å². The topological polar surface area (TPSA) is 16.4 Å². The number of fused-ring (bicyclic) bond motifs is 6. The number of rotatable bonds is 6. The molecular formula is C50H33NO. The van der Waals surface area contributed by atoms with Gasteiger partial charge in [-0.05, 0) is 80.9 Å². The summed E-state index contributed by atoms with van der Waals surface area (Å²) in [7, 11) is 0. The van der Waals surface area contributed by atoms with Crippen LogP contribution in [0.25, 0.3) is 76.9 Å². The average molecular weight is 664 g/mol. The fraction of sp³-hybridized carbons (Fsp3) is 0. The summed E-state index contributed by atoms with van der Waals surface area (Å²) >= 11 is 0. The molecule has 0 saturated heterocycles. The van der Waals surface area contributed by atoms with Gasteiger partial charge >= 0.3 is 0 Å². The monoisotopic (exact) mass is 663 g/mol. The number of hydrogen-bond acceptors (Lipinski definition) is 2. The lowest BCUT2D eigenvalue weighted by Crippen LogP contribution is -2.11. The highest BCUT2D eigenvalue weighted by Gasteiger charge is 2.21. The van der Waals surface area contributed by atoms with Crippen molar-refractivity contribution >= 4 is 60.5 Å². The number of benzene rings is 9. The van der Waals surface area contributed by atoms with Gasteiger partial charge in [-0.15, -0.1) is 0 Å². The molecule has 0 N–H and O–H groups in total. The predicted octanol–water partition coefficient (Wildman–Crippen LogP) is 14.4. The highest BCUT2D eigenvalue weighted by atomic mass is 16.3. The Hall–Kier alpha value is -6.90. The first-order chi connectivity index (χ1) is 25.8. The zero-order valence-electron chi connectivity index (χ0n) is 28.4. The van der Waals surface area contributed by atoms with Gasteiger partial charge in [-0.3, -0.25) is 0 Å². The highest BCUT2D eigenvalue weighted by molar-refractivity contribution is 6.17. The van der Waals surface area contributed by atoms with Crippen molar-refractivity contribution in [1.82, 2.24) is 0 Å². The summed E-state index contributed by atoms with van der Waals surface area (Å²) in [5, 5.41) is 7.04. The second kappa shape index (κ2) is 12.5. The maximum atomic E-state index is 6.84. The van der Waals surface area contributed by atoms with Gasteiger partial charge in [0.1, 0.15) is 11.2 Å². The molecule has 0 radical (unpaired) electrons. The van der Waals surface area contributed by atoms with Crippen LogP contribution >= 0.6 is 0 Å². The molecule has 10 rings (SSSR count). The highest BCUT2D eigenvalue weighted by Crippen LogP contribution is 2.45. The molecular weight excluding hydrogens is 631 g/mol. The lowest BCUT2D eigenvalue weighted by atomic mass is 9.98. The lowest BCUT2D eigenvalue weighted by molar-refractivity contribution is 0.674. The smallest absolute Gasteiger partial charge is 0.143 e. The molecule has 9 aromatic carbocycles. The van der Waals surface area contributed by atoms with Crippen molar-refractivity contribution in [2.75, 3.05) is 4.90 Å². The number of anilines is 3. The largest absolute Gasteiger partial charge is 0.455 e. The van der Waals surface area contributed by atoms with Crippen molar-refractivity contribution in [2.45, 2.75) is 0 Å². The van der Waals surface area contributed by atoms with Crippen molar-refractivity contribution < 1.29 is 4.42 Å². The summed E-state index contributed by atoms with van der Waals surface area (Å²) in [6, 6.07) is 71.6. The van der Waals surface area contributed by atoms with Gasteiger partial charge in [0.2, 0.25) is 0 Å². The van der Waals surface area contributed by atoms with Crippen LogP contribution in [0.15, 0.2) is 205 Å². The minimum absolute atomic E-state index is 0.896. The molecule has 2 heteroatoms. The minimum Gasteiger partial charge on any atom is -0.455 e. The Morgan fingerprint density at radius 1 is 0.308 bits per heavy atom. The molecule has 10 aromatic rings. The third-order valence-electron chi connectivity index (χ3n) is 10.3. The Morgan fingerprint density at radius 3 is 1.63 bits per heavy atom. The molecule has 0 aliphatic rings. The van der Waals surface area contributed by atoms with Crippen LogP contribution < -0.4 is 4.90 Å². The molecule has 244 valence electrons. The molecule has 0 amide bonds. The van der Waals surface area contributed by atoms with Crippen molar-refractivity contribution in [1.29, 1.82) is 0 Å². The van der Waals surface area contributed by atoms with Crippen LogP contribution in [-0.4, -0.2) is 0 Å². The standard InChI is InChI=1S/C50H33NO/c1-2-11-34(12-3-1)36-23-28-41(29-24-36)51(42-30-25-37(26-31-42)40-22-21-35-13-4-5-15-39(35)33-40)48-20-9-8-17-44(48)45-18-10-19-46-47-32-27-38-14-6-7-16-43(38)49(47)52-50(45)46/h1-33H. The molecule has 0 aliphatic heterocycles. The van der Waals surface area contributed by atoms with E-state index in [-0.39, 0.29) is 0 Å². The summed E-state index contributed by atoms with van der Waals surface area (Å²) in [5.74, 6) is 0. The first-order valence-electron chi connectivity index (χ1n) is 17.8. The first kappa shape index (κ1) is 30.0. The second-order valence-electron chi connectivity index (χ2n) is 13.3. The molecule has 52 heavy (non-hydrogen) atoms. The summed E-state index contributed by atoms with van der Waals surface area (Å²) < 4.78 is 6.84. The third-order valence-corrected chi connectivity index (χ3v) is 10.3. The van der Waals surface area contributed by atoms with Crippen LogP contribution in [-0.2, 0) is 0 Å². The van der Waals surface area contributed by atoms with E-state index >= 15 is 0 Å². The Morgan fingerprint density at radius 2 is 0.846 bits per heavy atom. The van der Waals surface area contributed by atoms with E-state index in [4.69, 9.17) is 4.42 Å². The average Bonchev–Trinajstić information content (AvgIpc) is 3.62. The number of furan rings is 1. The Bertz CT molecular complexity index is 2890. The van der Waals surface area contributed by atoms with E-state index in [0.717, 1.165) is 55.5 Å². The molecule has 1 heterocycles. The van der Waals surface area contributed by atoms with Gasteiger partial charge in [0.25, 0.3) is 0 Å². The molecule has 2 nitrogen and oxygen atoms in total. The van der Waals surface area contributed by atoms with Crippen LogP contribution in [0.1, 0.15) is 0 Å². The van der Waals surface area contributed by atoms with E-state index < -0.39 is 0 Å². The van der Waals surface area contributed by atoms with Crippen molar-refractivity contribution in [3.05, 3.63) is 200 Å². The van der Waals surface area contributed by atoms with E-state index in [2.05, 4.69) is 205 Å². The molecule has 0 bridgehead atoms. The zero-order valence-corrected chi connectivity index (χ0v) is 28.4. The maximum absolute atomic E-state index is 6.84. The van der Waals surface area contributed by atoms with E-state index in [1.165, 1.54) is 38.4 Å². The number of hydrogen-bond donors (Lipinski definition) is 0. The van der Waals surface area contributed by atoms with E-state index in [0.29, 0.717) is 0 Å². The van der Waals surface area contributed by atoms with Gasteiger partial charge in [0, 0.05) is 38.7 Å². The number of para-hydroxylation sites is 2. The fourth-order valence-corrected chi connectivity index (χ4v) is 7.67. The predicted molar refractivity (Wildman–Crippen MR) is 220 cm³/mol. The number of nitrogens with zero attached hydrogens (tertiary/aromatic N) is 1. The van der Waals surface area contributed by atoms with Gasteiger partial charge < -0.3 is 9.32 Å². The van der Waals surface area contributed by atoms with Crippen LogP contribution in [0.4, 0.5) is 17.1 Å². The Balaban J connectivity index is 1.14. The summed E-state index contributed by atoms with van der Waals surface area (Å²) in [4.78, 5) is 2.37. The molecule has 0 atom stereocenters. The van der Waals surface area contributed by atoms with E-state index in [1.54, 1.807) is 0 Å². The van der Waals surface area contributed by atoms with Crippen LogP contribution in [0.3, 0.4) is 0 Å². The summed E-state index contributed by atoms with van der Waals surface area (Å²) in [5.41, 5.74) is 12.0. The van der Waals surface area contributed by atoms with E-state index in [9.17, 15) is 0 Å². The van der Waals surface area contributed by atoms with Gasteiger partial charge in [-0.1, -0.05) is 158 Å². The maximum Gasteiger partial charge on any atom is 0.143 e. The van der Waals surface area contributed by atoms with Crippen molar-refractivity contribution in [3.63, 3.8) is 0 Å². The molecule has 0 unspecified atom stereocenters. The van der Waals surface area contributed by atoms with Gasteiger partial charge in [-0.25, -0.2) is 0 Å². The summed E-state index contributed by atoms with van der Waals surface area (Å²) in [6.07, 6.45) is 0. The second-order valence-corrected chi connectivity index (χ2v) is 13.3. The molecule has 0 aliphatic carbocycles. The molecule has 0 spiro atoms. The minimum atomic E-state index is 0.896. The Kier molecular flexibility index (Phi) is 7.18. The first-order valence-corrected chi connectivity index (χ1v) is 17.8. The van der Waals surface area contributed by atoms with Crippen LogP contribution in [0.2, 0.25) is 0 Å². The lowest BCUT2D eigenvalue weighted by Gasteiger charge is -2.28. The summed E-state index contributed by atoms with van der Waals surface area (Å²) in [6.45, 7) is 0. The third kappa shape index (κ3) is 5.12. The van der Waals surface area contributed by atoms with Gasteiger partial charge in [0.05, 0.1) is 5.69 Å². The molecule has 1 aromatic heterocycles. The van der Waals surface area contributed by atoms with Gasteiger partial charge in [-0.2, -0.15) is 0 Å². The Labute approximate surface area is 302 Å². The quantitative estimate of drug-likeness (QED) is 0.176. The van der Waals surface area contributed by atoms with Crippen molar-refractivity contribution in [3.8, 4) is 33.4 Å². The van der Waals surface area contributed by atoms with Crippen LogP contribution in [0.5, 0.6) is 0 Å². The van der Waals surface area contributed by atoms with Crippen LogP contribution in [0, 0.1) is 0 Å². The molecule has 0 saturated carbocycles. The molecule has 0 fully saturated rings. The zero-order chi connectivity index (χ0) is 34.4. The van der Waals surface area contributed by atoms with Crippen molar-refractivity contribution in [2.24, 2.45) is 0 Å².